The van der Waals surface area contributed by atoms with E-state index in [-0.39, 0.29) is 24.1 Å². The highest BCUT2D eigenvalue weighted by molar-refractivity contribution is 5.70. The molecule has 0 saturated heterocycles. The summed E-state index contributed by atoms with van der Waals surface area (Å²) in [6.45, 7) is 5.58. The van der Waals surface area contributed by atoms with Gasteiger partial charge in [0.2, 0.25) is 0 Å². The standard InChI is InChI=1S/C15H21FO3/c1-15(2,3)13(17)9-11(14(18)19)7-10-5-4-6-12(16)8-10/h4-6,8,11,13,17H,7,9H2,1-3H3,(H,18,19). The van der Waals surface area contributed by atoms with E-state index in [2.05, 4.69) is 0 Å². The number of carboxylic acids is 1. The molecule has 0 heterocycles. The fourth-order valence-corrected chi connectivity index (χ4v) is 1.84. The molecule has 0 radical (unpaired) electrons. The largest absolute Gasteiger partial charge is 0.481 e. The van der Waals surface area contributed by atoms with E-state index >= 15 is 0 Å². The van der Waals surface area contributed by atoms with Gasteiger partial charge in [-0.25, -0.2) is 4.39 Å². The smallest absolute Gasteiger partial charge is 0.306 e. The first-order valence-electron chi connectivity index (χ1n) is 6.35. The van der Waals surface area contributed by atoms with Crippen LogP contribution in [0.2, 0.25) is 0 Å². The van der Waals surface area contributed by atoms with Gasteiger partial charge in [0.15, 0.2) is 0 Å². The highest BCUT2D eigenvalue weighted by Gasteiger charge is 2.29. The van der Waals surface area contributed by atoms with Crippen molar-refractivity contribution in [2.75, 3.05) is 0 Å². The van der Waals surface area contributed by atoms with Gasteiger partial charge < -0.3 is 10.2 Å². The summed E-state index contributed by atoms with van der Waals surface area (Å²) >= 11 is 0. The monoisotopic (exact) mass is 268 g/mol. The van der Waals surface area contributed by atoms with Crippen LogP contribution in [0.15, 0.2) is 24.3 Å². The number of halogens is 1. The van der Waals surface area contributed by atoms with Gasteiger partial charge in [0.1, 0.15) is 5.82 Å². The van der Waals surface area contributed by atoms with Crippen molar-refractivity contribution in [3.63, 3.8) is 0 Å². The molecule has 2 N–H and O–H groups in total. The Morgan fingerprint density at radius 3 is 2.47 bits per heavy atom. The quantitative estimate of drug-likeness (QED) is 0.863. The number of carboxylic acid groups (broad SMARTS) is 1. The van der Waals surface area contributed by atoms with Gasteiger partial charge in [0, 0.05) is 0 Å². The summed E-state index contributed by atoms with van der Waals surface area (Å²) in [6.07, 6.45) is -0.322. The van der Waals surface area contributed by atoms with Crippen LogP contribution in [0.1, 0.15) is 32.8 Å². The highest BCUT2D eigenvalue weighted by atomic mass is 19.1. The van der Waals surface area contributed by atoms with Crippen LogP contribution in [-0.2, 0) is 11.2 Å². The number of benzene rings is 1. The molecule has 0 aliphatic rings. The lowest BCUT2D eigenvalue weighted by Crippen LogP contribution is -2.31. The predicted molar refractivity (Wildman–Crippen MR) is 71.3 cm³/mol. The van der Waals surface area contributed by atoms with E-state index in [4.69, 9.17) is 0 Å². The second kappa shape index (κ2) is 6.15. The van der Waals surface area contributed by atoms with Crippen LogP contribution in [0.5, 0.6) is 0 Å². The summed E-state index contributed by atoms with van der Waals surface area (Å²) in [4.78, 5) is 11.2. The van der Waals surface area contributed by atoms with E-state index in [0.717, 1.165) is 0 Å². The molecule has 0 spiro atoms. The topological polar surface area (TPSA) is 57.5 Å². The van der Waals surface area contributed by atoms with Gasteiger partial charge in [-0.15, -0.1) is 0 Å². The molecule has 1 rings (SSSR count). The second-order valence-corrected chi connectivity index (χ2v) is 5.99. The number of rotatable bonds is 5. The lowest BCUT2D eigenvalue weighted by molar-refractivity contribution is -0.143. The molecule has 106 valence electrons. The molecule has 0 bridgehead atoms. The number of aliphatic hydroxyl groups is 1. The van der Waals surface area contributed by atoms with Crippen LogP contribution in [0.4, 0.5) is 4.39 Å². The lowest BCUT2D eigenvalue weighted by Gasteiger charge is -2.28. The molecule has 2 unspecified atom stereocenters. The van der Waals surface area contributed by atoms with Crippen LogP contribution in [0, 0.1) is 17.2 Å². The van der Waals surface area contributed by atoms with Crippen LogP contribution in [0.3, 0.4) is 0 Å². The van der Waals surface area contributed by atoms with Crippen molar-refractivity contribution in [2.45, 2.75) is 39.7 Å². The maximum absolute atomic E-state index is 13.1. The number of aliphatic hydroxyl groups excluding tert-OH is 1. The van der Waals surface area contributed by atoms with Crippen LogP contribution in [0.25, 0.3) is 0 Å². The van der Waals surface area contributed by atoms with Crippen molar-refractivity contribution >= 4 is 5.97 Å². The minimum absolute atomic E-state index is 0.162. The normalized spacial score (nSPS) is 15.0. The first kappa shape index (κ1) is 15.6. The summed E-state index contributed by atoms with van der Waals surface area (Å²) in [6, 6.07) is 5.91. The van der Waals surface area contributed by atoms with Gasteiger partial charge in [-0.05, 0) is 36.0 Å². The summed E-state index contributed by atoms with van der Waals surface area (Å²) < 4.78 is 13.1. The molecule has 0 amide bonds. The Morgan fingerprint density at radius 1 is 1.37 bits per heavy atom. The first-order valence-corrected chi connectivity index (χ1v) is 6.35. The van der Waals surface area contributed by atoms with E-state index in [1.807, 2.05) is 20.8 Å². The van der Waals surface area contributed by atoms with E-state index in [0.29, 0.717) is 5.56 Å². The van der Waals surface area contributed by atoms with E-state index in [1.54, 1.807) is 12.1 Å². The van der Waals surface area contributed by atoms with E-state index in [1.165, 1.54) is 12.1 Å². The molecule has 1 aromatic rings. The van der Waals surface area contributed by atoms with E-state index < -0.39 is 18.0 Å². The fraction of sp³-hybridized carbons (Fsp3) is 0.533. The average Bonchev–Trinajstić information content (AvgIpc) is 2.26. The van der Waals surface area contributed by atoms with Gasteiger partial charge in [-0.3, -0.25) is 4.79 Å². The molecule has 2 atom stereocenters. The Bertz CT molecular complexity index is 437. The molecule has 0 aliphatic heterocycles. The Hall–Kier alpha value is -1.42. The van der Waals surface area contributed by atoms with Crippen molar-refractivity contribution < 1.29 is 19.4 Å². The molecule has 4 heteroatoms. The summed E-state index contributed by atoms with van der Waals surface area (Å²) in [5.41, 5.74) is 0.267. The van der Waals surface area contributed by atoms with Crippen molar-refractivity contribution in [2.24, 2.45) is 11.3 Å². The number of carbonyl (C=O) groups is 1. The van der Waals surface area contributed by atoms with Crippen LogP contribution >= 0.6 is 0 Å². The fourth-order valence-electron chi connectivity index (χ4n) is 1.84. The molecule has 0 saturated carbocycles. The Labute approximate surface area is 113 Å². The molecule has 19 heavy (non-hydrogen) atoms. The van der Waals surface area contributed by atoms with Gasteiger partial charge in [0.25, 0.3) is 0 Å². The number of hydrogen-bond donors (Lipinski definition) is 2. The third kappa shape index (κ3) is 4.99. The third-order valence-electron chi connectivity index (χ3n) is 3.23. The third-order valence-corrected chi connectivity index (χ3v) is 3.23. The molecular formula is C15H21FO3. The summed E-state index contributed by atoms with van der Waals surface area (Å²) in [7, 11) is 0. The van der Waals surface area contributed by atoms with Crippen LogP contribution < -0.4 is 0 Å². The van der Waals surface area contributed by atoms with Gasteiger partial charge >= 0.3 is 5.97 Å². The maximum atomic E-state index is 13.1. The van der Waals surface area contributed by atoms with Gasteiger partial charge in [-0.1, -0.05) is 32.9 Å². The average molecular weight is 268 g/mol. The zero-order chi connectivity index (χ0) is 14.6. The Balaban J connectivity index is 2.77. The molecule has 3 nitrogen and oxygen atoms in total. The Kier molecular flexibility index (Phi) is 5.06. The zero-order valence-corrected chi connectivity index (χ0v) is 11.6. The molecular weight excluding hydrogens is 247 g/mol. The van der Waals surface area contributed by atoms with Crippen molar-refractivity contribution in [1.29, 1.82) is 0 Å². The minimum Gasteiger partial charge on any atom is -0.481 e. The molecule has 0 aromatic heterocycles. The Morgan fingerprint density at radius 2 is 2.00 bits per heavy atom. The van der Waals surface area contributed by atoms with Gasteiger partial charge in [0.05, 0.1) is 12.0 Å². The first-order chi connectivity index (χ1) is 8.70. The predicted octanol–water partition coefficient (Wildman–Crippen LogP) is 2.87. The van der Waals surface area contributed by atoms with Crippen molar-refractivity contribution in [3.05, 3.63) is 35.6 Å². The maximum Gasteiger partial charge on any atom is 0.306 e. The lowest BCUT2D eigenvalue weighted by atomic mass is 9.82. The van der Waals surface area contributed by atoms with Crippen LogP contribution in [-0.4, -0.2) is 22.3 Å². The number of hydrogen-bond acceptors (Lipinski definition) is 2. The van der Waals surface area contributed by atoms with Crippen molar-refractivity contribution in [3.8, 4) is 0 Å². The van der Waals surface area contributed by atoms with Gasteiger partial charge in [-0.2, -0.15) is 0 Å². The summed E-state index contributed by atoms with van der Waals surface area (Å²) in [5.74, 6) is -2.05. The minimum atomic E-state index is -0.965. The number of aliphatic carboxylic acids is 1. The highest BCUT2D eigenvalue weighted by Crippen LogP contribution is 2.26. The van der Waals surface area contributed by atoms with E-state index in [9.17, 15) is 19.4 Å². The SMILES string of the molecule is CC(C)(C)C(O)CC(Cc1cccc(F)c1)C(=O)O. The molecule has 0 aliphatic carbocycles. The molecule has 1 aromatic carbocycles. The summed E-state index contributed by atoms with van der Waals surface area (Å²) in [5, 5.41) is 19.2. The second-order valence-electron chi connectivity index (χ2n) is 5.99. The van der Waals surface area contributed by atoms with Crippen molar-refractivity contribution in [1.82, 2.24) is 0 Å². The molecule has 0 fully saturated rings. The zero-order valence-electron chi connectivity index (χ0n) is 11.6.